The third-order valence-electron chi connectivity index (χ3n) is 4.46. The van der Waals surface area contributed by atoms with Crippen molar-refractivity contribution in [1.29, 1.82) is 0 Å². The number of hydrogen-bond acceptors (Lipinski definition) is 3. The van der Waals surface area contributed by atoms with E-state index in [-0.39, 0.29) is 0 Å². The van der Waals surface area contributed by atoms with Gasteiger partial charge in [-0.15, -0.1) is 11.3 Å². The van der Waals surface area contributed by atoms with Crippen LogP contribution in [0.5, 0.6) is 0 Å². The molecule has 0 radical (unpaired) electrons. The number of nitrogens with one attached hydrogen (secondary N) is 1. The van der Waals surface area contributed by atoms with Crippen LogP contribution in [-0.2, 0) is 0 Å². The summed E-state index contributed by atoms with van der Waals surface area (Å²) in [6, 6.07) is 0.785. The molecule has 3 aliphatic rings. The van der Waals surface area contributed by atoms with Crippen LogP contribution < -0.4 is 5.32 Å². The molecule has 3 heteroatoms. The average Bonchev–Trinajstić information content (AvgIpc) is 2.68. The van der Waals surface area contributed by atoms with Crippen LogP contribution in [0.3, 0.4) is 0 Å². The number of thiazole rings is 1. The first-order valence-electron chi connectivity index (χ1n) is 5.59. The number of rotatable bonds is 2. The molecule has 0 aromatic carbocycles. The highest BCUT2D eigenvalue weighted by Crippen LogP contribution is 2.66. The van der Waals surface area contributed by atoms with E-state index in [0.29, 0.717) is 0 Å². The van der Waals surface area contributed by atoms with Gasteiger partial charge >= 0.3 is 0 Å². The molecule has 14 heavy (non-hydrogen) atoms. The largest absolute Gasteiger partial charge is 0.358 e. The predicted octanol–water partition coefficient (Wildman–Crippen LogP) is 2.60. The Hall–Kier alpha value is -0.570. The maximum Gasteiger partial charge on any atom is 0.182 e. The minimum absolute atomic E-state index is 0.785. The normalized spacial score (nSPS) is 47.9. The van der Waals surface area contributed by atoms with Gasteiger partial charge in [0.2, 0.25) is 0 Å². The molecule has 0 aliphatic heterocycles. The summed E-state index contributed by atoms with van der Waals surface area (Å²) in [6.07, 6.45) is 6.43. The highest BCUT2D eigenvalue weighted by molar-refractivity contribution is 7.13. The number of aromatic nitrogens is 1. The molecule has 1 aromatic heterocycles. The summed E-state index contributed by atoms with van der Waals surface area (Å²) < 4.78 is 0. The van der Waals surface area contributed by atoms with Gasteiger partial charge in [0.1, 0.15) is 0 Å². The number of fused-ring (bicyclic) bond motifs is 5. The summed E-state index contributed by atoms with van der Waals surface area (Å²) in [5.41, 5.74) is 0. The minimum Gasteiger partial charge on any atom is -0.358 e. The fourth-order valence-electron chi connectivity index (χ4n) is 3.96. The maximum atomic E-state index is 4.30. The number of anilines is 1. The highest BCUT2D eigenvalue weighted by atomic mass is 32.1. The summed E-state index contributed by atoms with van der Waals surface area (Å²) in [5.74, 6) is 4.14. The van der Waals surface area contributed by atoms with Gasteiger partial charge in [-0.2, -0.15) is 0 Å². The van der Waals surface area contributed by atoms with Gasteiger partial charge in [0, 0.05) is 17.6 Å². The molecule has 2 nitrogen and oxygen atoms in total. The quantitative estimate of drug-likeness (QED) is 0.804. The van der Waals surface area contributed by atoms with E-state index in [4.69, 9.17) is 0 Å². The summed E-state index contributed by atoms with van der Waals surface area (Å²) in [6.45, 7) is 0. The summed E-state index contributed by atoms with van der Waals surface area (Å²) >= 11 is 1.73. The van der Waals surface area contributed by atoms with Crippen LogP contribution in [0.2, 0.25) is 0 Å². The van der Waals surface area contributed by atoms with Crippen molar-refractivity contribution in [1.82, 2.24) is 4.98 Å². The monoisotopic (exact) mass is 206 g/mol. The lowest BCUT2D eigenvalue weighted by Crippen LogP contribution is -2.12. The molecular formula is C11H14N2S. The summed E-state index contributed by atoms with van der Waals surface area (Å²) in [4.78, 5) is 4.30. The molecule has 4 unspecified atom stereocenters. The molecule has 4 rings (SSSR count). The van der Waals surface area contributed by atoms with Crippen LogP contribution in [0.15, 0.2) is 11.6 Å². The van der Waals surface area contributed by atoms with E-state index in [1.807, 2.05) is 6.20 Å². The van der Waals surface area contributed by atoms with Gasteiger partial charge in [0.15, 0.2) is 5.13 Å². The van der Waals surface area contributed by atoms with Crippen molar-refractivity contribution in [2.75, 3.05) is 5.32 Å². The van der Waals surface area contributed by atoms with Gasteiger partial charge in [0.05, 0.1) is 0 Å². The molecule has 0 spiro atoms. The van der Waals surface area contributed by atoms with E-state index in [2.05, 4.69) is 15.7 Å². The van der Waals surface area contributed by atoms with E-state index in [1.54, 1.807) is 11.3 Å². The van der Waals surface area contributed by atoms with Crippen molar-refractivity contribution in [3.05, 3.63) is 11.6 Å². The molecule has 4 atom stereocenters. The van der Waals surface area contributed by atoms with Crippen molar-refractivity contribution in [3.8, 4) is 0 Å². The Balaban J connectivity index is 1.51. The standard InChI is InChI=1S/C11H14N2S/c1-2-7-5-6(1)8-9(7)10(8)13-11-12-3-4-14-11/h3-4,6-10H,1-2,5H2,(H,12,13). The van der Waals surface area contributed by atoms with Crippen molar-refractivity contribution < 1.29 is 0 Å². The molecule has 1 N–H and O–H groups in total. The maximum absolute atomic E-state index is 4.30. The lowest BCUT2D eigenvalue weighted by molar-refractivity contribution is 0.456. The first-order chi connectivity index (χ1) is 6.93. The van der Waals surface area contributed by atoms with Gasteiger partial charge in [-0.1, -0.05) is 0 Å². The predicted molar refractivity (Wildman–Crippen MR) is 57.3 cm³/mol. The highest BCUT2D eigenvalue weighted by Gasteiger charge is 2.65. The third-order valence-corrected chi connectivity index (χ3v) is 5.16. The lowest BCUT2D eigenvalue weighted by Gasteiger charge is -2.08. The van der Waals surface area contributed by atoms with Crippen LogP contribution in [0, 0.1) is 23.7 Å². The molecular weight excluding hydrogens is 192 g/mol. The fraction of sp³-hybridized carbons (Fsp3) is 0.727. The molecule has 0 amide bonds. The Morgan fingerprint density at radius 2 is 2.07 bits per heavy atom. The second-order valence-electron chi connectivity index (χ2n) is 5.00. The second-order valence-corrected chi connectivity index (χ2v) is 5.89. The molecule has 0 saturated heterocycles. The third kappa shape index (κ3) is 0.888. The van der Waals surface area contributed by atoms with Crippen molar-refractivity contribution >= 4 is 16.5 Å². The Morgan fingerprint density at radius 3 is 2.71 bits per heavy atom. The second kappa shape index (κ2) is 2.51. The topological polar surface area (TPSA) is 24.9 Å². The Kier molecular flexibility index (Phi) is 1.38. The minimum atomic E-state index is 0.785. The number of nitrogens with zero attached hydrogens (tertiary/aromatic N) is 1. The van der Waals surface area contributed by atoms with Crippen LogP contribution >= 0.6 is 11.3 Å². The van der Waals surface area contributed by atoms with Gasteiger partial charge in [-0.3, -0.25) is 0 Å². The van der Waals surface area contributed by atoms with Crippen molar-refractivity contribution in [3.63, 3.8) is 0 Å². The first-order valence-corrected chi connectivity index (χ1v) is 6.47. The van der Waals surface area contributed by atoms with Crippen molar-refractivity contribution in [2.24, 2.45) is 23.7 Å². The average molecular weight is 206 g/mol. The SMILES string of the molecule is c1csc(NC2C3C4CCC(C4)C23)n1. The van der Waals surface area contributed by atoms with Crippen LogP contribution in [-0.4, -0.2) is 11.0 Å². The van der Waals surface area contributed by atoms with Crippen LogP contribution in [0.4, 0.5) is 5.13 Å². The van der Waals surface area contributed by atoms with Gasteiger partial charge in [0.25, 0.3) is 0 Å². The Labute approximate surface area is 87.7 Å². The van der Waals surface area contributed by atoms with E-state index < -0.39 is 0 Å². The zero-order valence-corrected chi connectivity index (χ0v) is 8.83. The smallest absolute Gasteiger partial charge is 0.182 e. The molecule has 1 aromatic rings. The molecule has 2 bridgehead atoms. The first kappa shape index (κ1) is 7.69. The van der Waals surface area contributed by atoms with E-state index in [9.17, 15) is 0 Å². The molecule has 3 fully saturated rings. The molecule has 3 aliphatic carbocycles. The van der Waals surface area contributed by atoms with Crippen LogP contribution in [0.25, 0.3) is 0 Å². The summed E-state index contributed by atoms with van der Waals surface area (Å²) in [5, 5.41) is 6.79. The van der Waals surface area contributed by atoms with Crippen LogP contribution in [0.1, 0.15) is 19.3 Å². The Bertz CT molecular complexity index is 332. The lowest BCUT2D eigenvalue weighted by atomic mass is 10.0. The zero-order valence-electron chi connectivity index (χ0n) is 8.02. The van der Waals surface area contributed by atoms with Gasteiger partial charge in [-0.05, 0) is 42.9 Å². The van der Waals surface area contributed by atoms with E-state index in [1.165, 1.54) is 19.3 Å². The van der Waals surface area contributed by atoms with Gasteiger partial charge in [-0.25, -0.2) is 4.98 Å². The zero-order chi connectivity index (χ0) is 9.12. The van der Waals surface area contributed by atoms with Gasteiger partial charge < -0.3 is 5.32 Å². The van der Waals surface area contributed by atoms with E-state index >= 15 is 0 Å². The molecule has 1 heterocycles. The fourth-order valence-corrected chi connectivity index (χ4v) is 4.53. The van der Waals surface area contributed by atoms with E-state index in [0.717, 1.165) is 34.8 Å². The molecule has 74 valence electrons. The summed E-state index contributed by atoms with van der Waals surface area (Å²) in [7, 11) is 0. The molecule has 3 saturated carbocycles. The Morgan fingerprint density at radius 1 is 1.29 bits per heavy atom. The number of hydrogen-bond donors (Lipinski definition) is 1. The van der Waals surface area contributed by atoms with Crippen molar-refractivity contribution in [2.45, 2.75) is 25.3 Å².